The molecule has 1 aromatic carbocycles. The zero-order valence-corrected chi connectivity index (χ0v) is 11.1. The zero-order valence-electron chi connectivity index (χ0n) is 11.1. The van der Waals surface area contributed by atoms with Gasteiger partial charge in [0.25, 0.3) is 0 Å². The Kier molecular flexibility index (Phi) is 4.15. The van der Waals surface area contributed by atoms with Gasteiger partial charge in [-0.1, -0.05) is 32.0 Å². The third-order valence-corrected chi connectivity index (χ3v) is 3.40. The van der Waals surface area contributed by atoms with Crippen molar-refractivity contribution in [3.63, 3.8) is 0 Å². The molecule has 0 saturated heterocycles. The van der Waals surface area contributed by atoms with Gasteiger partial charge in [0.1, 0.15) is 0 Å². The van der Waals surface area contributed by atoms with Crippen LogP contribution in [-0.4, -0.2) is 18.1 Å². The van der Waals surface area contributed by atoms with E-state index in [4.69, 9.17) is 5.73 Å². The van der Waals surface area contributed by atoms with E-state index < -0.39 is 0 Å². The predicted molar refractivity (Wildman–Crippen MR) is 77.6 cm³/mol. The van der Waals surface area contributed by atoms with Crippen molar-refractivity contribution >= 4 is 16.6 Å². The van der Waals surface area contributed by atoms with Crippen LogP contribution in [0.25, 0.3) is 10.9 Å². The number of pyridine rings is 1. The molecule has 96 valence electrons. The largest absolute Gasteiger partial charge is 0.383 e. The topological polar surface area (TPSA) is 50.9 Å². The average Bonchev–Trinajstić information content (AvgIpc) is 2.39. The van der Waals surface area contributed by atoms with Gasteiger partial charge in [-0.15, -0.1) is 0 Å². The molecular formula is C15H21N3. The van der Waals surface area contributed by atoms with E-state index in [1.54, 1.807) is 0 Å². The maximum Gasteiger partial charge on any atom is 0.0703 e. The second-order valence-corrected chi connectivity index (χ2v) is 5.04. The van der Waals surface area contributed by atoms with Crippen LogP contribution in [0.3, 0.4) is 0 Å². The third-order valence-electron chi connectivity index (χ3n) is 3.40. The molecule has 0 aliphatic carbocycles. The molecule has 0 spiro atoms. The fourth-order valence-corrected chi connectivity index (χ4v) is 2.01. The Morgan fingerprint density at radius 1 is 1.28 bits per heavy atom. The van der Waals surface area contributed by atoms with Gasteiger partial charge in [0.05, 0.1) is 17.4 Å². The molecule has 1 aromatic heterocycles. The van der Waals surface area contributed by atoms with Crippen LogP contribution >= 0.6 is 0 Å². The molecule has 3 N–H and O–H groups in total. The summed E-state index contributed by atoms with van der Waals surface area (Å²) in [4.78, 5) is 4.44. The monoisotopic (exact) mass is 243 g/mol. The van der Waals surface area contributed by atoms with Crippen LogP contribution in [0, 0.1) is 11.8 Å². The summed E-state index contributed by atoms with van der Waals surface area (Å²) in [6, 6.07) is 10.3. The van der Waals surface area contributed by atoms with E-state index in [1.165, 1.54) is 0 Å². The summed E-state index contributed by atoms with van der Waals surface area (Å²) in [7, 11) is 0. The van der Waals surface area contributed by atoms with Crippen molar-refractivity contribution in [2.75, 3.05) is 18.4 Å². The van der Waals surface area contributed by atoms with Crippen LogP contribution < -0.4 is 11.1 Å². The number of rotatable bonds is 5. The van der Waals surface area contributed by atoms with Crippen molar-refractivity contribution < 1.29 is 0 Å². The fourth-order valence-electron chi connectivity index (χ4n) is 2.01. The Morgan fingerprint density at radius 3 is 2.78 bits per heavy atom. The van der Waals surface area contributed by atoms with Gasteiger partial charge >= 0.3 is 0 Å². The Morgan fingerprint density at radius 2 is 2.06 bits per heavy atom. The molecule has 3 nitrogen and oxygen atoms in total. The van der Waals surface area contributed by atoms with Crippen molar-refractivity contribution in [3.05, 3.63) is 36.5 Å². The van der Waals surface area contributed by atoms with Crippen molar-refractivity contribution in [1.29, 1.82) is 0 Å². The number of nitrogens with zero attached hydrogens (tertiary/aromatic N) is 1. The van der Waals surface area contributed by atoms with Crippen LogP contribution in [0.15, 0.2) is 36.5 Å². The molecule has 18 heavy (non-hydrogen) atoms. The molecule has 0 saturated carbocycles. The lowest BCUT2D eigenvalue weighted by Crippen LogP contribution is -2.27. The first-order valence-corrected chi connectivity index (χ1v) is 6.49. The summed E-state index contributed by atoms with van der Waals surface area (Å²) in [6.45, 7) is 6.02. The van der Waals surface area contributed by atoms with Gasteiger partial charge in [-0.3, -0.25) is 4.98 Å². The van der Waals surface area contributed by atoms with Gasteiger partial charge < -0.3 is 11.1 Å². The Bertz CT molecular complexity index is 508. The number of hydrogen-bond donors (Lipinski definition) is 2. The highest BCUT2D eigenvalue weighted by atomic mass is 14.9. The molecule has 2 rings (SSSR count). The molecule has 0 bridgehead atoms. The minimum absolute atomic E-state index is 0.497. The van der Waals surface area contributed by atoms with Crippen LogP contribution in [0.5, 0.6) is 0 Å². The van der Waals surface area contributed by atoms with Crippen molar-refractivity contribution in [2.24, 2.45) is 17.6 Å². The van der Waals surface area contributed by atoms with E-state index in [1.807, 2.05) is 24.4 Å². The molecular weight excluding hydrogens is 222 g/mol. The Hall–Kier alpha value is -1.61. The van der Waals surface area contributed by atoms with Gasteiger partial charge in [-0.05, 0) is 30.5 Å². The molecule has 0 amide bonds. The lowest BCUT2D eigenvalue weighted by molar-refractivity contribution is 0.413. The lowest BCUT2D eigenvalue weighted by Gasteiger charge is -2.19. The second-order valence-electron chi connectivity index (χ2n) is 5.04. The average molecular weight is 243 g/mol. The van der Waals surface area contributed by atoms with E-state index >= 15 is 0 Å². The molecule has 0 radical (unpaired) electrons. The number of fused-ring (bicyclic) bond motifs is 1. The van der Waals surface area contributed by atoms with Crippen molar-refractivity contribution in [2.45, 2.75) is 13.8 Å². The number of nitrogens with two attached hydrogens (primary N) is 1. The number of para-hydroxylation sites is 1. The first kappa shape index (κ1) is 12.8. The van der Waals surface area contributed by atoms with Gasteiger partial charge in [-0.25, -0.2) is 0 Å². The maximum atomic E-state index is 5.77. The third kappa shape index (κ3) is 2.99. The number of benzene rings is 1. The highest BCUT2D eigenvalue weighted by molar-refractivity contribution is 5.81. The number of hydrogen-bond acceptors (Lipinski definition) is 3. The summed E-state index contributed by atoms with van der Waals surface area (Å²) < 4.78 is 0. The Labute approximate surface area is 108 Å². The predicted octanol–water partition coefficient (Wildman–Crippen LogP) is 2.88. The maximum absolute atomic E-state index is 5.77. The smallest absolute Gasteiger partial charge is 0.0703 e. The quantitative estimate of drug-likeness (QED) is 0.849. The number of anilines is 1. The number of aromatic nitrogens is 1. The summed E-state index contributed by atoms with van der Waals surface area (Å²) in [6.07, 6.45) is 1.89. The highest BCUT2D eigenvalue weighted by Gasteiger charge is 2.10. The second kappa shape index (κ2) is 5.83. The molecule has 3 heteroatoms. The molecule has 2 aromatic rings. The SMILES string of the molecule is CC(C)C(CN)CNc1cnc2ccccc2c1. The van der Waals surface area contributed by atoms with Crippen molar-refractivity contribution in [3.8, 4) is 0 Å². The van der Waals surface area contributed by atoms with E-state index in [2.05, 4.69) is 36.3 Å². The van der Waals surface area contributed by atoms with Crippen molar-refractivity contribution in [1.82, 2.24) is 4.98 Å². The lowest BCUT2D eigenvalue weighted by atomic mass is 9.96. The molecule has 1 unspecified atom stereocenters. The number of nitrogens with one attached hydrogen (secondary N) is 1. The van der Waals surface area contributed by atoms with Gasteiger partial charge in [0.15, 0.2) is 0 Å². The summed E-state index contributed by atoms with van der Waals surface area (Å²) in [5, 5.41) is 4.59. The van der Waals surface area contributed by atoms with E-state index in [-0.39, 0.29) is 0 Å². The van der Waals surface area contributed by atoms with Gasteiger partial charge in [0, 0.05) is 11.9 Å². The summed E-state index contributed by atoms with van der Waals surface area (Å²) >= 11 is 0. The molecule has 0 aliphatic heterocycles. The van der Waals surface area contributed by atoms with Crippen LogP contribution in [0.4, 0.5) is 5.69 Å². The van der Waals surface area contributed by atoms with E-state index in [0.29, 0.717) is 18.4 Å². The molecule has 0 fully saturated rings. The van der Waals surface area contributed by atoms with Gasteiger partial charge in [0.2, 0.25) is 0 Å². The highest BCUT2D eigenvalue weighted by Crippen LogP contribution is 2.17. The minimum Gasteiger partial charge on any atom is -0.383 e. The summed E-state index contributed by atoms with van der Waals surface area (Å²) in [5.74, 6) is 1.09. The van der Waals surface area contributed by atoms with Crippen LogP contribution in [0.2, 0.25) is 0 Å². The first-order chi connectivity index (χ1) is 8.70. The van der Waals surface area contributed by atoms with Gasteiger partial charge in [-0.2, -0.15) is 0 Å². The standard InChI is InChI=1S/C15H21N3/c1-11(2)13(8-16)9-17-14-7-12-5-3-4-6-15(12)18-10-14/h3-7,10-11,13,17H,8-9,16H2,1-2H3. The first-order valence-electron chi connectivity index (χ1n) is 6.49. The zero-order chi connectivity index (χ0) is 13.0. The fraction of sp³-hybridized carbons (Fsp3) is 0.400. The molecule has 1 heterocycles. The molecule has 0 aliphatic rings. The van der Waals surface area contributed by atoms with Crippen LogP contribution in [0.1, 0.15) is 13.8 Å². The molecule has 1 atom stereocenters. The van der Waals surface area contributed by atoms with Crippen LogP contribution in [-0.2, 0) is 0 Å². The van der Waals surface area contributed by atoms with E-state index in [0.717, 1.165) is 23.1 Å². The van der Waals surface area contributed by atoms with E-state index in [9.17, 15) is 0 Å². The normalized spacial score (nSPS) is 12.9. The minimum atomic E-state index is 0.497. The summed E-state index contributed by atoms with van der Waals surface area (Å²) in [5.41, 5.74) is 7.87. The Balaban J connectivity index is 2.07.